The minimum Gasteiger partial charge on any atom is -0.483 e. The average molecular weight is 269 g/mol. The van der Waals surface area contributed by atoms with E-state index in [1.807, 2.05) is 49.5 Å². The smallest absolute Gasteiger partial charge is 0.141 e. The predicted octanol–water partition coefficient (Wildman–Crippen LogP) is 3.43. The summed E-state index contributed by atoms with van der Waals surface area (Å²) in [6.07, 6.45) is 0.00722. The number of ether oxygens (including phenoxy) is 1. The highest BCUT2D eigenvalue weighted by Gasteiger charge is 2.24. The second-order valence-electron chi connectivity index (χ2n) is 4.70. The molecule has 19 heavy (non-hydrogen) atoms. The maximum absolute atomic E-state index is 6.15. The minimum absolute atomic E-state index is 0.00722. The van der Waals surface area contributed by atoms with Crippen LogP contribution in [0.5, 0.6) is 5.75 Å². The molecule has 0 bridgehead atoms. The lowest BCUT2D eigenvalue weighted by atomic mass is 10.1. The van der Waals surface area contributed by atoms with Crippen molar-refractivity contribution in [2.75, 3.05) is 13.6 Å². The Kier molecular flexibility index (Phi) is 3.22. The number of thiocarbonyl (C=S) groups is 1. The molecule has 0 radical (unpaired) electrons. The van der Waals surface area contributed by atoms with Crippen molar-refractivity contribution in [3.8, 4) is 5.75 Å². The molecule has 0 unspecified atom stereocenters. The highest BCUT2D eigenvalue weighted by atomic mass is 32.1. The van der Waals surface area contributed by atoms with Gasteiger partial charge in [0.05, 0.1) is 12.1 Å². The average Bonchev–Trinajstić information content (AvgIpc) is 2.58. The number of hydrogen-bond acceptors (Lipinski definition) is 2. The van der Waals surface area contributed by atoms with Gasteiger partial charge in [-0.2, -0.15) is 0 Å². The summed E-state index contributed by atoms with van der Waals surface area (Å²) < 4.78 is 6.15. The van der Waals surface area contributed by atoms with Crippen molar-refractivity contribution in [2.24, 2.45) is 0 Å². The number of likely N-dealkylation sites (N-methyl/N-ethyl adjacent to an activating group) is 1. The molecule has 1 atom stereocenters. The molecule has 1 heterocycles. The number of benzene rings is 2. The molecule has 0 aliphatic carbocycles. The van der Waals surface area contributed by atoms with Crippen LogP contribution in [0.3, 0.4) is 0 Å². The van der Waals surface area contributed by atoms with Crippen LogP contribution in [0.25, 0.3) is 0 Å². The van der Waals surface area contributed by atoms with E-state index in [0.717, 1.165) is 22.8 Å². The highest BCUT2D eigenvalue weighted by Crippen LogP contribution is 2.30. The summed E-state index contributed by atoms with van der Waals surface area (Å²) in [6, 6.07) is 18.2. The third-order valence-electron chi connectivity index (χ3n) is 3.34. The van der Waals surface area contributed by atoms with Crippen LogP contribution < -0.4 is 4.74 Å². The van der Waals surface area contributed by atoms with E-state index in [-0.39, 0.29) is 6.10 Å². The molecule has 3 rings (SSSR count). The van der Waals surface area contributed by atoms with Gasteiger partial charge in [0.15, 0.2) is 0 Å². The van der Waals surface area contributed by atoms with Crippen LogP contribution in [0.15, 0.2) is 54.6 Å². The Morgan fingerprint density at radius 1 is 1.05 bits per heavy atom. The van der Waals surface area contributed by atoms with E-state index in [9.17, 15) is 0 Å². The molecule has 1 aliphatic heterocycles. The van der Waals surface area contributed by atoms with Gasteiger partial charge < -0.3 is 9.64 Å². The number of hydrogen-bond donors (Lipinski definition) is 0. The fourth-order valence-electron chi connectivity index (χ4n) is 2.32. The molecular weight excluding hydrogens is 254 g/mol. The number of fused-ring (bicyclic) bond motifs is 1. The van der Waals surface area contributed by atoms with E-state index in [4.69, 9.17) is 17.0 Å². The molecule has 0 saturated heterocycles. The fraction of sp³-hybridized carbons (Fsp3) is 0.188. The highest BCUT2D eigenvalue weighted by molar-refractivity contribution is 7.80. The molecule has 2 aromatic carbocycles. The van der Waals surface area contributed by atoms with Gasteiger partial charge in [0, 0.05) is 7.05 Å². The number of para-hydroxylation sites is 1. The second-order valence-corrected chi connectivity index (χ2v) is 5.09. The lowest BCUT2D eigenvalue weighted by Crippen LogP contribution is -2.29. The van der Waals surface area contributed by atoms with Gasteiger partial charge in [-0.15, -0.1) is 0 Å². The maximum Gasteiger partial charge on any atom is 0.141 e. The van der Waals surface area contributed by atoms with Gasteiger partial charge in [0.25, 0.3) is 0 Å². The summed E-state index contributed by atoms with van der Waals surface area (Å²) in [4.78, 5) is 2.92. The Hall–Kier alpha value is -1.87. The molecule has 0 saturated carbocycles. The summed E-state index contributed by atoms with van der Waals surface area (Å²) >= 11 is 5.52. The summed E-state index contributed by atoms with van der Waals surface area (Å²) in [5, 5.41) is 0. The molecule has 2 aromatic rings. The minimum atomic E-state index is 0.00722. The van der Waals surface area contributed by atoms with Crippen LogP contribution in [0.2, 0.25) is 0 Å². The van der Waals surface area contributed by atoms with Gasteiger partial charge in [0.2, 0.25) is 0 Å². The van der Waals surface area contributed by atoms with Crippen LogP contribution >= 0.6 is 12.2 Å². The zero-order valence-electron chi connectivity index (χ0n) is 10.7. The van der Waals surface area contributed by atoms with Crippen molar-refractivity contribution >= 4 is 17.2 Å². The Bertz CT molecular complexity index is 597. The van der Waals surface area contributed by atoms with Crippen molar-refractivity contribution in [2.45, 2.75) is 6.10 Å². The first kappa shape index (κ1) is 12.2. The Labute approximate surface area is 118 Å². The molecule has 2 nitrogen and oxygen atoms in total. The van der Waals surface area contributed by atoms with Crippen LogP contribution in [0, 0.1) is 0 Å². The SMILES string of the molecule is CN1C[C@H](c2ccccc2)Oc2ccccc2C1=S. The first-order valence-electron chi connectivity index (χ1n) is 6.32. The van der Waals surface area contributed by atoms with Gasteiger partial charge in [-0.1, -0.05) is 54.7 Å². The molecule has 0 spiro atoms. The lowest BCUT2D eigenvalue weighted by molar-refractivity contribution is 0.185. The summed E-state index contributed by atoms with van der Waals surface area (Å²) in [7, 11) is 2.02. The van der Waals surface area contributed by atoms with Gasteiger partial charge in [-0.05, 0) is 17.7 Å². The van der Waals surface area contributed by atoms with Crippen LogP contribution in [-0.2, 0) is 0 Å². The Morgan fingerprint density at radius 2 is 1.74 bits per heavy atom. The maximum atomic E-state index is 6.15. The van der Waals surface area contributed by atoms with Crippen molar-refractivity contribution in [1.82, 2.24) is 4.90 Å². The molecular formula is C16H15NOS. The Balaban J connectivity index is 2.01. The monoisotopic (exact) mass is 269 g/mol. The number of nitrogens with zero attached hydrogens (tertiary/aromatic N) is 1. The molecule has 0 fully saturated rings. The van der Waals surface area contributed by atoms with Crippen molar-refractivity contribution in [3.05, 3.63) is 65.7 Å². The Morgan fingerprint density at radius 3 is 2.53 bits per heavy atom. The van der Waals surface area contributed by atoms with Gasteiger partial charge in [-0.25, -0.2) is 0 Å². The van der Waals surface area contributed by atoms with Crippen LogP contribution in [0.4, 0.5) is 0 Å². The third-order valence-corrected chi connectivity index (χ3v) is 3.88. The van der Waals surface area contributed by atoms with Crippen molar-refractivity contribution in [1.29, 1.82) is 0 Å². The third kappa shape index (κ3) is 2.34. The normalized spacial score (nSPS) is 18.5. The summed E-state index contributed by atoms with van der Waals surface area (Å²) in [5.41, 5.74) is 2.17. The second kappa shape index (κ2) is 5.02. The largest absolute Gasteiger partial charge is 0.483 e. The van der Waals surface area contributed by atoms with Gasteiger partial charge in [0.1, 0.15) is 16.8 Å². The molecule has 0 aromatic heterocycles. The van der Waals surface area contributed by atoms with Crippen LogP contribution in [-0.4, -0.2) is 23.5 Å². The topological polar surface area (TPSA) is 12.5 Å². The zero-order valence-corrected chi connectivity index (χ0v) is 11.6. The molecule has 1 aliphatic rings. The molecule has 0 N–H and O–H groups in total. The summed E-state index contributed by atoms with van der Waals surface area (Å²) in [6.45, 7) is 0.761. The fourth-order valence-corrected chi connectivity index (χ4v) is 2.56. The van der Waals surface area contributed by atoms with Gasteiger partial charge in [-0.3, -0.25) is 0 Å². The number of rotatable bonds is 1. The predicted molar refractivity (Wildman–Crippen MR) is 80.6 cm³/mol. The van der Waals surface area contributed by atoms with Gasteiger partial charge >= 0.3 is 0 Å². The molecule has 0 amide bonds. The van der Waals surface area contributed by atoms with E-state index in [1.54, 1.807) is 0 Å². The van der Waals surface area contributed by atoms with E-state index in [1.165, 1.54) is 5.56 Å². The summed E-state index contributed by atoms with van der Waals surface area (Å²) in [5.74, 6) is 0.866. The first-order chi connectivity index (χ1) is 9.25. The van der Waals surface area contributed by atoms with E-state index in [0.29, 0.717) is 0 Å². The van der Waals surface area contributed by atoms with Crippen LogP contribution in [0.1, 0.15) is 17.2 Å². The van der Waals surface area contributed by atoms with E-state index >= 15 is 0 Å². The lowest BCUT2D eigenvalue weighted by Gasteiger charge is -2.22. The molecule has 3 heteroatoms. The zero-order chi connectivity index (χ0) is 13.2. The molecule has 96 valence electrons. The van der Waals surface area contributed by atoms with Crippen molar-refractivity contribution < 1.29 is 4.74 Å². The van der Waals surface area contributed by atoms with Crippen molar-refractivity contribution in [3.63, 3.8) is 0 Å². The van der Waals surface area contributed by atoms with E-state index < -0.39 is 0 Å². The quantitative estimate of drug-likeness (QED) is 0.736. The standard InChI is InChI=1S/C16H15NOS/c1-17-11-15(12-7-3-2-4-8-12)18-14-10-6-5-9-13(14)16(17)19/h2-10,15H,11H2,1H3/t15-/m1/s1. The van der Waals surface area contributed by atoms with E-state index in [2.05, 4.69) is 17.0 Å². The first-order valence-corrected chi connectivity index (χ1v) is 6.72.